The molecule has 6 heteroatoms. The minimum absolute atomic E-state index is 0.118. The van der Waals surface area contributed by atoms with Crippen LogP contribution in [0.5, 0.6) is 0 Å². The molecule has 0 spiro atoms. The third kappa shape index (κ3) is 3.43. The molecule has 4 aromatic rings. The van der Waals surface area contributed by atoms with Crippen molar-refractivity contribution in [2.24, 2.45) is 0 Å². The lowest BCUT2D eigenvalue weighted by molar-refractivity contribution is -0.116. The van der Waals surface area contributed by atoms with Crippen molar-refractivity contribution < 1.29 is 4.79 Å². The number of carbonyl (C=O) groups excluding carboxylic acids is 1. The number of anilines is 1. The summed E-state index contributed by atoms with van der Waals surface area (Å²) in [4.78, 5) is 25.6. The predicted octanol–water partition coefficient (Wildman–Crippen LogP) is 5.43. The standard InChI is InChI=1S/C23H19N3OS2/c1-15-13-16-7-2-5-10-19(16)26(15)21(27)14-29-23-17-8-3-4-9-18(17)24-22(25-23)20-11-6-12-28-20/h2-12,15H,13-14H2,1H3/t15-/m0/s1. The van der Waals surface area contributed by atoms with Crippen molar-refractivity contribution in [3.63, 3.8) is 0 Å². The molecule has 1 aliphatic heterocycles. The maximum atomic E-state index is 13.1. The first-order valence-electron chi connectivity index (χ1n) is 9.54. The number of fused-ring (bicyclic) bond motifs is 2. The Labute approximate surface area is 177 Å². The van der Waals surface area contributed by atoms with Crippen molar-refractivity contribution in [3.8, 4) is 10.7 Å². The minimum atomic E-state index is 0.118. The van der Waals surface area contributed by atoms with E-state index in [-0.39, 0.29) is 11.9 Å². The van der Waals surface area contributed by atoms with Crippen LogP contribution in [0, 0.1) is 0 Å². The van der Waals surface area contributed by atoms with E-state index in [0.29, 0.717) is 11.6 Å². The number of amides is 1. The molecule has 144 valence electrons. The first-order valence-corrected chi connectivity index (χ1v) is 11.4. The smallest absolute Gasteiger partial charge is 0.237 e. The van der Waals surface area contributed by atoms with Gasteiger partial charge in [-0.3, -0.25) is 4.79 Å². The summed E-state index contributed by atoms with van der Waals surface area (Å²) in [6, 6.07) is 20.4. The highest BCUT2D eigenvalue weighted by Crippen LogP contribution is 2.34. The van der Waals surface area contributed by atoms with Gasteiger partial charge in [0, 0.05) is 17.1 Å². The van der Waals surface area contributed by atoms with Crippen LogP contribution in [-0.2, 0) is 11.2 Å². The number of benzene rings is 2. The topological polar surface area (TPSA) is 46.1 Å². The van der Waals surface area contributed by atoms with E-state index in [1.165, 1.54) is 17.3 Å². The highest BCUT2D eigenvalue weighted by molar-refractivity contribution is 8.00. The molecule has 0 N–H and O–H groups in total. The molecule has 1 amide bonds. The molecule has 0 unspecified atom stereocenters. The van der Waals surface area contributed by atoms with Gasteiger partial charge in [-0.1, -0.05) is 54.2 Å². The van der Waals surface area contributed by atoms with Gasteiger partial charge in [0.15, 0.2) is 5.82 Å². The van der Waals surface area contributed by atoms with Crippen molar-refractivity contribution in [3.05, 3.63) is 71.6 Å². The van der Waals surface area contributed by atoms with Crippen molar-refractivity contribution in [1.29, 1.82) is 0 Å². The van der Waals surface area contributed by atoms with Gasteiger partial charge in [-0.15, -0.1) is 11.3 Å². The van der Waals surface area contributed by atoms with Gasteiger partial charge in [-0.05, 0) is 42.5 Å². The van der Waals surface area contributed by atoms with Crippen molar-refractivity contribution >= 4 is 45.6 Å². The van der Waals surface area contributed by atoms with Crippen LogP contribution in [-0.4, -0.2) is 27.7 Å². The lowest BCUT2D eigenvalue weighted by atomic mass is 10.1. The molecule has 0 saturated carbocycles. The van der Waals surface area contributed by atoms with E-state index in [1.54, 1.807) is 11.3 Å². The quantitative estimate of drug-likeness (QED) is 0.328. The summed E-state index contributed by atoms with van der Waals surface area (Å²) in [5.74, 6) is 1.19. The van der Waals surface area contributed by atoms with Gasteiger partial charge in [0.05, 0.1) is 16.1 Å². The number of carbonyl (C=O) groups is 1. The third-order valence-electron chi connectivity index (χ3n) is 5.12. The maximum absolute atomic E-state index is 13.1. The van der Waals surface area contributed by atoms with Crippen LogP contribution < -0.4 is 4.90 Å². The Bertz CT molecular complexity index is 1190. The van der Waals surface area contributed by atoms with E-state index in [9.17, 15) is 4.79 Å². The minimum Gasteiger partial charge on any atom is -0.308 e. The van der Waals surface area contributed by atoms with Crippen LogP contribution in [0.1, 0.15) is 12.5 Å². The number of thiophene rings is 1. The average molecular weight is 418 g/mol. The molecule has 2 aromatic heterocycles. The first kappa shape index (κ1) is 18.3. The van der Waals surface area contributed by atoms with Gasteiger partial charge in [0.2, 0.25) is 5.91 Å². The fourth-order valence-electron chi connectivity index (χ4n) is 3.82. The van der Waals surface area contributed by atoms with Crippen LogP contribution >= 0.6 is 23.1 Å². The predicted molar refractivity (Wildman–Crippen MR) is 121 cm³/mol. The van der Waals surface area contributed by atoms with Crippen molar-refractivity contribution in [2.45, 2.75) is 24.4 Å². The van der Waals surface area contributed by atoms with Crippen molar-refractivity contribution in [1.82, 2.24) is 9.97 Å². The molecular weight excluding hydrogens is 398 g/mol. The van der Waals surface area contributed by atoms with E-state index < -0.39 is 0 Å². The molecule has 0 aliphatic carbocycles. The van der Waals surface area contributed by atoms with Gasteiger partial charge in [0.25, 0.3) is 0 Å². The molecule has 1 atom stereocenters. The summed E-state index contributed by atoms with van der Waals surface area (Å²) in [5.41, 5.74) is 3.18. The van der Waals surface area contributed by atoms with Crippen LogP contribution in [0.15, 0.2) is 71.1 Å². The zero-order valence-corrected chi connectivity index (χ0v) is 17.5. The number of aromatic nitrogens is 2. The second-order valence-electron chi connectivity index (χ2n) is 7.08. The second-order valence-corrected chi connectivity index (χ2v) is 8.99. The largest absolute Gasteiger partial charge is 0.308 e. The van der Waals surface area contributed by atoms with E-state index in [0.717, 1.165) is 32.9 Å². The van der Waals surface area contributed by atoms with E-state index in [1.807, 2.05) is 64.9 Å². The van der Waals surface area contributed by atoms with Gasteiger partial charge >= 0.3 is 0 Å². The summed E-state index contributed by atoms with van der Waals surface area (Å²) in [6.45, 7) is 2.11. The number of rotatable bonds is 4. The molecule has 5 rings (SSSR count). The molecule has 0 radical (unpaired) electrons. The van der Waals surface area contributed by atoms with Gasteiger partial charge in [0.1, 0.15) is 5.03 Å². The Morgan fingerprint density at radius 2 is 1.93 bits per heavy atom. The molecule has 4 nitrogen and oxygen atoms in total. The zero-order chi connectivity index (χ0) is 19.8. The normalized spacial score (nSPS) is 15.6. The van der Waals surface area contributed by atoms with E-state index >= 15 is 0 Å². The summed E-state index contributed by atoms with van der Waals surface area (Å²) in [5, 5.41) is 3.86. The van der Waals surface area contributed by atoms with Gasteiger partial charge in [-0.25, -0.2) is 9.97 Å². The monoisotopic (exact) mass is 417 g/mol. The number of para-hydroxylation sites is 2. The number of thioether (sulfide) groups is 1. The highest BCUT2D eigenvalue weighted by Gasteiger charge is 2.30. The summed E-state index contributed by atoms with van der Waals surface area (Å²) < 4.78 is 0. The Morgan fingerprint density at radius 1 is 1.10 bits per heavy atom. The highest BCUT2D eigenvalue weighted by atomic mass is 32.2. The molecule has 29 heavy (non-hydrogen) atoms. The lowest BCUT2D eigenvalue weighted by Crippen LogP contribution is -2.37. The second kappa shape index (κ2) is 7.61. The van der Waals surface area contributed by atoms with Crippen LogP contribution in [0.3, 0.4) is 0 Å². The number of nitrogens with zero attached hydrogens (tertiary/aromatic N) is 3. The maximum Gasteiger partial charge on any atom is 0.237 e. The third-order valence-corrected chi connectivity index (χ3v) is 6.96. The fourth-order valence-corrected chi connectivity index (χ4v) is 5.35. The van der Waals surface area contributed by atoms with Gasteiger partial charge in [-0.2, -0.15) is 0 Å². The Morgan fingerprint density at radius 3 is 2.79 bits per heavy atom. The molecule has 0 saturated heterocycles. The first-order chi connectivity index (χ1) is 14.2. The van der Waals surface area contributed by atoms with E-state index in [2.05, 4.69) is 13.0 Å². The summed E-state index contributed by atoms with van der Waals surface area (Å²) >= 11 is 3.12. The molecule has 0 fully saturated rings. The molecule has 3 heterocycles. The Balaban J connectivity index is 1.44. The number of hydrogen-bond donors (Lipinski definition) is 0. The fraction of sp³-hybridized carbons (Fsp3) is 0.174. The Kier molecular flexibility index (Phi) is 4.81. The zero-order valence-electron chi connectivity index (χ0n) is 15.9. The van der Waals surface area contributed by atoms with Crippen LogP contribution in [0.2, 0.25) is 0 Å². The molecule has 2 aromatic carbocycles. The van der Waals surface area contributed by atoms with Gasteiger partial charge < -0.3 is 4.90 Å². The number of hydrogen-bond acceptors (Lipinski definition) is 5. The van der Waals surface area contributed by atoms with Crippen molar-refractivity contribution in [2.75, 3.05) is 10.7 Å². The summed E-state index contributed by atoms with van der Waals surface area (Å²) in [7, 11) is 0. The lowest BCUT2D eigenvalue weighted by Gasteiger charge is -2.22. The molecule has 0 bridgehead atoms. The average Bonchev–Trinajstić information content (AvgIpc) is 3.39. The Hall–Kier alpha value is -2.70. The SMILES string of the molecule is C[C@H]1Cc2ccccc2N1C(=O)CSc1nc(-c2cccs2)nc2ccccc12. The van der Waals surface area contributed by atoms with Crippen LogP contribution in [0.25, 0.3) is 21.6 Å². The molecular formula is C23H19N3OS2. The van der Waals surface area contributed by atoms with Crippen LogP contribution in [0.4, 0.5) is 5.69 Å². The molecule has 1 aliphatic rings. The summed E-state index contributed by atoms with van der Waals surface area (Å²) in [6.07, 6.45) is 0.908. The van der Waals surface area contributed by atoms with E-state index in [4.69, 9.17) is 9.97 Å².